The van der Waals surface area contributed by atoms with Gasteiger partial charge in [0.25, 0.3) is 0 Å². The van der Waals surface area contributed by atoms with Gasteiger partial charge in [-0.05, 0) is 31.9 Å². The molecule has 1 fully saturated rings. The van der Waals surface area contributed by atoms with Gasteiger partial charge in [0.05, 0.1) is 0 Å². The number of thioether (sulfide) groups is 1. The van der Waals surface area contributed by atoms with Crippen LogP contribution in [0.1, 0.15) is 31.2 Å². The van der Waals surface area contributed by atoms with Crippen molar-refractivity contribution >= 4 is 35.0 Å². The van der Waals surface area contributed by atoms with Crippen LogP contribution in [0.3, 0.4) is 0 Å². The van der Waals surface area contributed by atoms with Crippen LogP contribution in [0.25, 0.3) is 0 Å². The minimum atomic E-state index is -0.548. The highest BCUT2D eigenvalue weighted by atomic mass is 35.5. The first-order chi connectivity index (χ1) is 7.58. The largest absolute Gasteiger partial charge is 0.130 e. The van der Waals surface area contributed by atoms with Gasteiger partial charge >= 0.3 is 0 Å². The van der Waals surface area contributed by atoms with E-state index in [0.29, 0.717) is 5.25 Å². The van der Waals surface area contributed by atoms with Gasteiger partial charge in [-0.1, -0.05) is 30.5 Å². The second-order valence-electron chi connectivity index (χ2n) is 4.43. The van der Waals surface area contributed by atoms with Crippen molar-refractivity contribution < 1.29 is 0 Å². The number of alkyl halides is 2. The molecule has 1 aliphatic rings. The molecule has 16 heavy (non-hydrogen) atoms. The SMILES string of the molecule is Cc1ccc(SC2CCCCC2(Cl)Cl)cc1. The normalized spacial score (nSPS) is 24.3. The van der Waals surface area contributed by atoms with E-state index in [1.165, 1.54) is 16.9 Å². The summed E-state index contributed by atoms with van der Waals surface area (Å²) < 4.78 is -0.548. The first-order valence-corrected chi connectivity index (χ1v) is 7.33. The Hall–Kier alpha value is 0.150. The lowest BCUT2D eigenvalue weighted by Crippen LogP contribution is -2.31. The Labute approximate surface area is 112 Å². The second-order valence-corrected chi connectivity index (χ2v) is 7.24. The molecule has 1 atom stereocenters. The molecule has 1 aromatic carbocycles. The van der Waals surface area contributed by atoms with Gasteiger partial charge in [0.2, 0.25) is 0 Å². The van der Waals surface area contributed by atoms with Gasteiger partial charge in [-0.15, -0.1) is 35.0 Å². The zero-order valence-corrected chi connectivity index (χ0v) is 11.7. The van der Waals surface area contributed by atoms with Crippen molar-refractivity contribution in [1.82, 2.24) is 0 Å². The third-order valence-corrected chi connectivity index (χ3v) is 5.63. The Bertz CT molecular complexity index is 345. The van der Waals surface area contributed by atoms with Crippen LogP contribution >= 0.6 is 35.0 Å². The van der Waals surface area contributed by atoms with Gasteiger partial charge in [0.1, 0.15) is 4.33 Å². The highest BCUT2D eigenvalue weighted by Crippen LogP contribution is 2.46. The summed E-state index contributed by atoms with van der Waals surface area (Å²) in [6, 6.07) is 8.57. The van der Waals surface area contributed by atoms with Crippen LogP contribution in [0.2, 0.25) is 0 Å². The third kappa shape index (κ3) is 3.09. The summed E-state index contributed by atoms with van der Waals surface area (Å²) >= 11 is 14.5. The minimum absolute atomic E-state index is 0.326. The Morgan fingerprint density at radius 3 is 2.50 bits per heavy atom. The molecule has 1 aliphatic carbocycles. The fourth-order valence-corrected chi connectivity index (χ4v) is 3.94. The van der Waals surface area contributed by atoms with Crippen LogP contribution in [-0.2, 0) is 0 Å². The molecule has 0 aliphatic heterocycles. The molecule has 2 rings (SSSR count). The molecule has 3 heteroatoms. The van der Waals surface area contributed by atoms with E-state index in [1.807, 2.05) is 11.8 Å². The van der Waals surface area contributed by atoms with E-state index in [9.17, 15) is 0 Å². The van der Waals surface area contributed by atoms with Gasteiger partial charge in [-0.25, -0.2) is 0 Å². The lowest BCUT2D eigenvalue weighted by Gasteiger charge is -2.33. The van der Waals surface area contributed by atoms with Crippen molar-refractivity contribution in [2.24, 2.45) is 0 Å². The molecule has 0 spiro atoms. The van der Waals surface area contributed by atoms with Crippen molar-refractivity contribution in [2.75, 3.05) is 0 Å². The first-order valence-electron chi connectivity index (χ1n) is 5.69. The zero-order valence-electron chi connectivity index (χ0n) is 9.38. The van der Waals surface area contributed by atoms with Crippen LogP contribution in [0, 0.1) is 6.92 Å². The Morgan fingerprint density at radius 1 is 1.19 bits per heavy atom. The Balaban J connectivity index is 2.05. The number of halogens is 2. The number of rotatable bonds is 2. The standard InChI is InChI=1S/C13H16Cl2S/c1-10-5-7-11(8-6-10)16-12-4-2-3-9-13(12,14)15/h5-8,12H,2-4,9H2,1H3. The predicted octanol–water partition coefficient (Wildman–Crippen LogP) is 5.20. The summed E-state index contributed by atoms with van der Waals surface area (Å²) in [7, 11) is 0. The maximum absolute atomic E-state index is 6.36. The molecule has 0 amide bonds. The molecular weight excluding hydrogens is 259 g/mol. The van der Waals surface area contributed by atoms with E-state index in [-0.39, 0.29) is 0 Å². The Morgan fingerprint density at radius 2 is 1.88 bits per heavy atom. The smallest absolute Gasteiger partial charge is 0.120 e. The van der Waals surface area contributed by atoms with Crippen molar-refractivity contribution in [3.8, 4) is 0 Å². The van der Waals surface area contributed by atoms with Gasteiger partial charge in [0, 0.05) is 10.1 Å². The fourth-order valence-electron chi connectivity index (χ4n) is 1.99. The molecule has 0 N–H and O–H groups in total. The number of hydrogen-bond donors (Lipinski definition) is 0. The molecular formula is C13H16Cl2S. The topological polar surface area (TPSA) is 0 Å². The molecule has 0 heterocycles. The van der Waals surface area contributed by atoms with E-state index < -0.39 is 4.33 Å². The average molecular weight is 275 g/mol. The third-order valence-electron chi connectivity index (χ3n) is 3.00. The van der Waals surface area contributed by atoms with Gasteiger partial charge < -0.3 is 0 Å². The van der Waals surface area contributed by atoms with Crippen LogP contribution in [0.15, 0.2) is 29.2 Å². The van der Waals surface area contributed by atoms with E-state index >= 15 is 0 Å². The molecule has 1 saturated carbocycles. The Kier molecular flexibility index (Phi) is 4.10. The van der Waals surface area contributed by atoms with Gasteiger partial charge in [-0.2, -0.15) is 0 Å². The van der Waals surface area contributed by atoms with Crippen molar-refractivity contribution in [2.45, 2.75) is 47.1 Å². The first kappa shape index (κ1) is 12.6. The second kappa shape index (κ2) is 5.20. The predicted molar refractivity (Wildman–Crippen MR) is 73.7 cm³/mol. The highest BCUT2D eigenvalue weighted by molar-refractivity contribution is 8.00. The summed E-state index contributed by atoms with van der Waals surface area (Å²) in [5.74, 6) is 0. The quantitative estimate of drug-likeness (QED) is 0.668. The van der Waals surface area contributed by atoms with E-state index in [1.54, 1.807) is 0 Å². The molecule has 0 saturated heterocycles. The summed E-state index contributed by atoms with van der Waals surface area (Å²) in [4.78, 5) is 1.27. The van der Waals surface area contributed by atoms with Crippen molar-refractivity contribution in [3.63, 3.8) is 0 Å². The summed E-state index contributed by atoms with van der Waals surface area (Å²) in [6.07, 6.45) is 4.42. The van der Waals surface area contributed by atoms with E-state index in [4.69, 9.17) is 23.2 Å². The highest BCUT2D eigenvalue weighted by Gasteiger charge is 2.37. The molecule has 0 radical (unpaired) electrons. The van der Waals surface area contributed by atoms with Gasteiger partial charge in [-0.3, -0.25) is 0 Å². The lowest BCUT2D eigenvalue weighted by molar-refractivity contribution is 0.490. The molecule has 0 bridgehead atoms. The summed E-state index contributed by atoms with van der Waals surface area (Å²) in [6.45, 7) is 2.10. The summed E-state index contributed by atoms with van der Waals surface area (Å²) in [5.41, 5.74) is 1.29. The molecule has 88 valence electrons. The fraction of sp³-hybridized carbons (Fsp3) is 0.538. The molecule has 1 unspecified atom stereocenters. The van der Waals surface area contributed by atoms with Gasteiger partial charge in [0.15, 0.2) is 0 Å². The van der Waals surface area contributed by atoms with Crippen LogP contribution in [0.5, 0.6) is 0 Å². The van der Waals surface area contributed by atoms with Crippen LogP contribution in [0.4, 0.5) is 0 Å². The van der Waals surface area contributed by atoms with Crippen LogP contribution in [-0.4, -0.2) is 9.58 Å². The van der Waals surface area contributed by atoms with Crippen molar-refractivity contribution in [1.29, 1.82) is 0 Å². The molecule has 0 nitrogen and oxygen atoms in total. The number of aryl methyl sites for hydroxylation is 1. The minimum Gasteiger partial charge on any atom is -0.120 e. The maximum atomic E-state index is 6.36. The molecule has 1 aromatic rings. The number of hydrogen-bond acceptors (Lipinski definition) is 1. The number of benzene rings is 1. The van der Waals surface area contributed by atoms with Crippen LogP contribution < -0.4 is 0 Å². The zero-order chi connectivity index (χ0) is 11.6. The maximum Gasteiger partial charge on any atom is 0.130 e. The van der Waals surface area contributed by atoms with E-state index in [0.717, 1.165) is 19.3 Å². The average Bonchev–Trinajstić information content (AvgIpc) is 2.24. The van der Waals surface area contributed by atoms with E-state index in [2.05, 4.69) is 31.2 Å². The van der Waals surface area contributed by atoms with Crippen molar-refractivity contribution in [3.05, 3.63) is 29.8 Å². The summed E-state index contributed by atoms with van der Waals surface area (Å²) in [5, 5.41) is 0.326. The lowest BCUT2D eigenvalue weighted by atomic mass is 9.99. The molecule has 0 aromatic heterocycles. The monoisotopic (exact) mass is 274 g/mol.